The molecule has 3 atom stereocenters. The van der Waals surface area contributed by atoms with Crippen molar-refractivity contribution in [1.29, 1.82) is 0 Å². The standard InChI is InChI=1S/C25H38N6O5/c1-16(30-21-15-18(36-2)14-17-7-5-13-29-23(17)21)6-4-12-28-22(32)10-9-20(25(34)35)31-24(33)19(27)8-3-11-26/h5,7,13-16,19-20,30H,3-4,6,8-12,26-27H2,1-2H3,(H,28,32)(H,31,33)(H,34,35)/t16?,19-,20?/m0/s1. The lowest BCUT2D eigenvalue weighted by molar-refractivity contribution is -0.142. The van der Waals surface area contributed by atoms with Gasteiger partial charge in [-0.25, -0.2) is 4.79 Å². The van der Waals surface area contributed by atoms with Gasteiger partial charge in [0.05, 0.1) is 24.4 Å². The van der Waals surface area contributed by atoms with Gasteiger partial charge in [-0.1, -0.05) is 6.07 Å². The largest absolute Gasteiger partial charge is 0.497 e. The second-order valence-electron chi connectivity index (χ2n) is 8.76. The second kappa shape index (κ2) is 14.8. The number of hydrogen-bond donors (Lipinski definition) is 6. The number of nitrogens with one attached hydrogen (secondary N) is 3. The molecule has 11 heteroatoms. The van der Waals surface area contributed by atoms with E-state index in [2.05, 4.69) is 27.9 Å². The maximum atomic E-state index is 12.2. The van der Waals surface area contributed by atoms with E-state index in [9.17, 15) is 19.5 Å². The molecular formula is C25H38N6O5. The quantitative estimate of drug-likeness (QED) is 0.185. The predicted octanol–water partition coefficient (Wildman–Crippen LogP) is 1.36. The summed E-state index contributed by atoms with van der Waals surface area (Å²) in [6.45, 7) is 2.90. The van der Waals surface area contributed by atoms with Gasteiger partial charge in [-0.3, -0.25) is 14.6 Å². The van der Waals surface area contributed by atoms with Crippen LogP contribution in [0.3, 0.4) is 0 Å². The summed E-state index contributed by atoms with van der Waals surface area (Å²) < 4.78 is 5.39. The number of amides is 2. The number of ether oxygens (including phenoxy) is 1. The molecule has 0 spiro atoms. The Morgan fingerprint density at radius 1 is 1.17 bits per heavy atom. The number of anilines is 1. The molecule has 0 bridgehead atoms. The molecule has 198 valence electrons. The molecule has 0 aliphatic rings. The SMILES string of the molecule is COc1cc(NC(C)CCCNC(=O)CCC(NC(=O)[C@@H](N)CCCN)C(=O)O)c2ncccc2c1. The zero-order valence-electron chi connectivity index (χ0n) is 21.0. The lowest BCUT2D eigenvalue weighted by Crippen LogP contribution is -2.48. The van der Waals surface area contributed by atoms with Gasteiger partial charge < -0.3 is 37.3 Å². The molecule has 11 nitrogen and oxygen atoms in total. The average Bonchev–Trinajstić information content (AvgIpc) is 2.87. The van der Waals surface area contributed by atoms with Crippen LogP contribution in [-0.2, 0) is 14.4 Å². The number of nitrogens with two attached hydrogens (primary N) is 2. The summed E-state index contributed by atoms with van der Waals surface area (Å²) in [5.74, 6) is -1.30. The number of methoxy groups -OCH3 is 1. The molecule has 2 rings (SSSR count). The first-order chi connectivity index (χ1) is 17.2. The Bertz CT molecular complexity index is 1020. The number of benzene rings is 1. The van der Waals surface area contributed by atoms with Gasteiger partial charge in [-0.05, 0) is 57.7 Å². The van der Waals surface area contributed by atoms with Crippen molar-refractivity contribution in [3.63, 3.8) is 0 Å². The molecule has 1 heterocycles. The number of carbonyl (C=O) groups excluding carboxylic acids is 2. The second-order valence-corrected chi connectivity index (χ2v) is 8.76. The lowest BCUT2D eigenvalue weighted by atomic mass is 10.1. The summed E-state index contributed by atoms with van der Waals surface area (Å²) in [7, 11) is 1.62. The number of nitrogens with zero attached hydrogens (tertiary/aromatic N) is 1. The first-order valence-electron chi connectivity index (χ1n) is 12.2. The van der Waals surface area contributed by atoms with Gasteiger partial charge in [0, 0.05) is 36.7 Å². The van der Waals surface area contributed by atoms with Crippen LogP contribution in [0.1, 0.15) is 45.4 Å². The fourth-order valence-electron chi connectivity index (χ4n) is 3.74. The Hall–Kier alpha value is -3.44. The van der Waals surface area contributed by atoms with Gasteiger partial charge in [0.1, 0.15) is 11.8 Å². The van der Waals surface area contributed by atoms with Crippen LogP contribution in [0.2, 0.25) is 0 Å². The van der Waals surface area contributed by atoms with Gasteiger partial charge >= 0.3 is 5.97 Å². The fraction of sp³-hybridized carbons (Fsp3) is 0.520. The fourth-order valence-corrected chi connectivity index (χ4v) is 3.74. The molecule has 2 amide bonds. The lowest BCUT2D eigenvalue weighted by Gasteiger charge is -2.18. The highest BCUT2D eigenvalue weighted by Crippen LogP contribution is 2.28. The zero-order valence-corrected chi connectivity index (χ0v) is 21.0. The molecule has 2 aromatic rings. The molecule has 0 saturated heterocycles. The Morgan fingerprint density at radius 3 is 2.64 bits per heavy atom. The van der Waals surface area contributed by atoms with E-state index in [1.54, 1.807) is 13.3 Å². The highest BCUT2D eigenvalue weighted by Gasteiger charge is 2.23. The van der Waals surface area contributed by atoms with Crippen molar-refractivity contribution >= 4 is 34.4 Å². The van der Waals surface area contributed by atoms with Crippen molar-refractivity contribution in [2.24, 2.45) is 11.5 Å². The van der Waals surface area contributed by atoms with Crippen LogP contribution in [0, 0.1) is 0 Å². The van der Waals surface area contributed by atoms with Gasteiger partial charge in [0.2, 0.25) is 11.8 Å². The number of aliphatic carboxylic acids is 1. The van der Waals surface area contributed by atoms with Gasteiger partial charge in [0.25, 0.3) is 0 Å². The Labute approximate surface area is 211 Å². The van der Waals surface area contributed by atoms with Crippen molar-refractivity contribution in [3.8, 4) is 5.75 Å². The van der Waals surface area contributed by atoms with Crippen LogP contribution in [0.15, 0.2) is 30.5 Å². The van der Waals surface area contributed by atoms with Crippen LogP contribution in [0.25, 0.3) is 10.9 Å². The van der Waals surface area contributed by atoms with Gasteiger partial charge in [0.15, 0.2) is 0 Å². The minimum atomic E-state index is -1.21. The third kappa shape index (κ3) is 9.31. The number of carboxylic acid groups (broad SMARTS) is 1. The summed E-state index contributed by atoms with van der Waals surface area (Å²) >= 11 is 0. The first-order valence-corrected chi connectivity index (χ1v) is 12.2. The molecule has 8 N–H and O–H groups in total. The summed E-state index contributed by atoms with van der Waals surface area (Å²) in [5.41, 5.74) is 12.9. The van der Waals surface area contributed by atoms with E-state index < -0.39 is 24.0 Å². The van der Waals surface area contributed by atoms with E-state index in [4.69, 9.17) is 16.2 Å². The smallest absolute Gasteiger partial charge is 0.326 e. The number of carboxylic acids is 1. The molecule has 36 heavy (non-hydrogen) atoms. The summed E-state index contributed by atoms with van der Waals surface area (Å²) in [5, 5.41) is 19.0. The van der Waals surface area contributed by atoms with E-state index in [1.807, 2.05) is 24.3 Å². The predicted molar refractivity (Wildman–Crippen MR) is 139 cm³/mol. The van der Waals surface area contributed by atoms with Crippen LogP contribution in [0.4, 0.5) is 5.69 Å². The summed E-state index contributed by atoms with van der Waals surface area (Å²) in [4.78, 5) is 40.2. The third-order valence-corrected chi connectivity index (χ3v) is 5.78. The number of hydrogen-bond acceptors (Lipinski definition) is 8. The highest BCUT2D eigenvalue weighted by molar-refractivity contribution is 5.92. The van der Waals surface area contributed by atoms with Crippen LogP contribution < -0.4 is 32.2 Å². The highest BCUT2D eigenvalue weighted by atomic mass is 16.5. The molecule has 2 unspecified atom stereocenters. The van der Waals surface area contributed by atoms with Gasteiger partial charge in [-0.2, -0.15) is 0 Å². The Morgan fingerprint density at radius 2 is 1.94 bits per heavy atom. The van der Waals surface area contributed by atoms with E-state index >= 15 is 0 Å². The molecule has 0 radical (unpaired) electrons. The van der Waals surface area contributed by atoms with Crippen molar-refractivity contribution in [1.82, 2.24) is 15.6 Å². The van der Waals surface area contributed by atoms with E-state index in [0.29, 0.717) is 25.9 Å². The zero-order chi connectivity index (χ0) is 26.5. The van der Waals surface area contributed by atoms with Crippen molar-refractivity contribution < 1.29 is 24.2 Å². The van der Waals surface area contributed by atoms with Crippen molar-refractivity contribution in [3.05, 3.63) is 30.5 Å². The van der Waals surface area contributed by atoms with Crippen LogP contribution in [-0.4, -0.2) is 66.2 Å². The normalized spacial score (nSPS) is 13.4. The molecule has 0 aliphatic heterocycles. The molecule has 0 saturated carbocycles. The minimum Gasteiger partial charge on any atom is -0.497 e. The number of pyridine rings is 1. The first kappa shape index (κ1) is 28.8. The molecule has 0 fully saturated rings. The molecule has 1 aromatic heterocycles. The number of rotatable bonds is 16. The number of carbonyl (C=O) groups is 3. The monoisotopic (exact) mass is 502 g/mol. The minimum absolute atomic E-state index is 0.0233. The van der Waals surface area contributed by atoms with Gasteiger partial charge in [-0.15, -0.1) is 0 Å². The van der Waals surface area contributed by atoms with Crippen molar-refractivity contribution in [2.75, 3.05) is 25.5 Å². The summed E-state index contributed by atoms with van der Waals surface area (Å²) in [6.07, 6.45) is 4.15. The topological polar surface area (TPSA) is 182 Å². The molecule has 0 aliphatic carbocycles. The number of aromatic nitrogens is 1. The van der Waals surface area contributed by atoms with E-state index in [1.165, 1.54) is 0 Å². The van der Waals surface area contributed by atoms with Crippen LogP contribution >= 0.6 is 0 Å². The number of fused-ring (bicyclic) bond motifs is 1. The maximum absolute atomic E-state index is 12.2. The van der Waals surface area contributed by atoms with E-state index in [0.717, 1.165) is 35.2 Å². The van der Waals surface area contributed by atoms with Crippen LogP contribution in [0.5, 0.6) is 5.75 Å². The average molecular weight is 503 g/mol. The third-order valence-electron chi connectivity index (χ3n) is 5.78. The summed E-state index contributed by atoms with van der Waals surface area (Å²) in [6, 6.07) is 5.82. The molecular weight excluding hydrogens is 464 g/mol. The van der Waals surface area contributed by atoms with Crippen molar-refractivity contribution in [2.45, 2.75) is 63.6 Å². The van der Waals surface area contributed by atoms with E-state index in [-0.39, 0.29) is 24.8 Å². The maximum Gasteiger partial charge on any atom is 0.326 e. The Kier molecular flexibility index (Phi) is 11.9. The Balaban J connectivity index is 1.74. The molecule has 1 aromatic carbocycles.